The molecule has 1 unspecified atom stereocenters. The summed E-state index contributed by atoms with van der Waals surface area (Å²) < 4.78 is 10.8. The molecule has 3 heteroatoms. The van der Waals surface area contributed by atoms with Crippen LogP contribution in [0.5, 0.6) is 0 Å². The summed E-state index contributed by atoms with van der Waals surface area (Å²) in [5, 5.41) is 0. The van der Waals surface area contributed by atoms with Crippen LogP contribution in [0.4, 0.5) is 0 Å². The molecule has 2 rings (SSSR count). The van der Waals surface area contributed by atoms with E-state index in [0.29, 0.717) is 0 Å². The van der Waals surface area contributed by atoms with Gasteiger partial charge in [0.25, 0.3) is 0 Å². The molecule has 80 valence electrons. The first-order chi connectivity index (χ1) is 6.43. The van der Waals surface area contributed by atoms with E-state index in [1.165, 1.54) is 12.8 Å². The van der Waals surface area contributed by atoms with E-state index in [2.05, 4.69) is 0 Å². The van der Waals surface area contributed by atoms with Crippen molar-refractivity contribution in [1.82, 2.24) is 0 Å². The molecular weight excluding hydrogens is 180 g/mol. The summed E-state index contributed by atoms with van der Waals surface area (Å²) in [5.74, 6) is -0.181. The second-order valence-corrected chi connectivity index (χ2v) is 5.30. The van der Waals surface area contributed by atoms with E-state index in [4.69, 9.17) is 9.47 Å². The van der Waals surface area contributed by atoms with Gasteiger partial charge in [0, 0.05) is 0 Å². The van der Waals surface area contributed by atoms with Crippen molar-refractivity contribution in [2.24, 2.45) is 0 Å². The third kappa shape index (κ3) is 1.78. The summed E-state index contributed by atoms with van der Waals surface area (Å²) in [6, 6.07) is 0. The maximum absolute atomic E-state index is 11.6. The van der Waals surface area contributed by atoms with Gasteiger partial charge in [0.05, 0.1) is 0 Å². The van der Waals surface area contributed by atoms with Crippen LogP contribution in [-0.4, -0.2) is 23.3 Å². The van der Waals surface area contributed by atoms with E-state index in [1.807, 2.05) is 20.8 Å². The number of epoxide rings is 1. The molecule has 3 nitrogen and oxygen atoms in total. The molecule has 14 heavy (non-hydrogen) atoms. The van der Waals surface area contributed by atoms with Gasteiger partial charge >= 0.3 is 5.97 Å². The molecule has 0 aromatic heterocycles. The smallest absolute Gasteiger partial charge is 0.338 e. The zero-order chi connectivity index (χ0) is 10.4. The Hall–Kier alpha value is -0.570. The number of rotatable bonds is 1. The lowest BCUT2D eigenvalue weighted by molar-refractivity contribution is -0.156. The molecule has 2 aliphatic rings. The minimum atomic E-state index is -0.400. The number of carbonyl (C=O) groups is 1. The summed E-state index contributed by atoms with van der Waals surface area (Å²) in [6.45, 7) is 5.65. The lowest BCUT2D eigenvalue weighted by Crippen LogP contribution is -2.29. The highest BCUT2D eigenvalue weighted by molar-refractivity contribution is 5.79. The van der Waals surface area contributed by atoms with Gasteiger partial charge in [-0.2, -0.15) is 0 Å². The molecule has 0 aromatic rings. The van der Waals surface area contributed by atoms with Gasteiger partial charge in [-0.05, 0) is 33.6 Å². The van der Waals surface area contributed by atoms with Crippen LogP contribution in [0.15, 0.2) is 0 Å². The fourth-order valence-electron chi connectivity index (χ4n) is 2.17. The van der Waals surface area contributed by atoms with Gasteiger partial charge in [-0.25, -0.2) is 4.79 Å². The molecule has 0 radical (unpaired) electrons. The van der Waals surface area contributed by atoms with Crippen molar-refractivity contribution >= 4 is 5.97 Å². The summed E-state index contributed by atoms with van der Waals surface area (Å²) in [7, 11) is 0. The molecule has 0 aromatic carbocycles. The number of ether oxygens (including phenoxy) is 2. The maximum atomic E-state index is 11.6. The Kier molecular flexibility index (Phi) is 2.11. The normalized spacial score (nSPS) is 29.2. The highest BCUT2D eigenvalue weighted by Gasteiger charge is 2.62. The molecule has 1 saturated carbocycles. The predicted octanol–water partition coefficient (Wildman–Crippen LogP) is 2.04. The predicted molar refractivity (Wildman–Crippen MR) is 51.9 cm³/mol. The average Bonchev–Trinajstić information content (AvgIpc) is 2.47. The van der Waals surface area contributed by atoms with E-state index in [9.17, 15) is 4.79 Å². The minimum absolute atomic E-state index is 0.123. The van der Waals surface area contributed by atoms with E-state index in [1.54, 1.807) is 0 Å². The van der Waals surface area contributed by atoms with Crippen molar-refractivity contribution in [3.05, 3.63) is 0 Å². The van der Waals surface area contributed by atoms with Gasteiger partial charge in [0.2, 0.25) is 0 Å². The Bertz CT molecular complexity index is 246. The molecule has 1 saturated heterocycles. The minimum Gasteiger partial charge on any atom is -0.458 e. The number of carbonyl (C=O) groups excluding carboxylic acids is 1. The molecule has 0 amide bonds. The van der Waals surface area contributed by atoms with Crippen LogP contribution in [0, 0.1) is 0 Å². The molecule has 1 aliphatic carbocycles. The summed E-state index contributed by atoms with van der Waals surface area (Å²) in [4.78, 5) is 11.6. The zero-order valence-corrected chi connectivity index (χ0v) is 9.13. The quantitative estimate of drug-likeness (QED) is 0.478. The Morgan fingerprint density at radius 2 is 1.93 bits per heavy atom. The first-order valence-corrected chi connectivity index (χ1v) is 5.34. The molecule has 1 atom stereocenters. The Morgan fingerprint density at radius 1 is 1.36 bits per heavy atom. The third-order valence-electron chi connectivity index (χ3n) is 2.84. The van der Waals surface area contributed by atoms with Crippen molar-refractivity contribution < 1.29 is 14.3 Å². The van der Waals surface area contributed by atoms with Crippen LogP contribution in [0.2, 0.25) is 0 Å². The Balaban J connectivity index is 1.90. The van der Waals surface area contributed by atoms with Crippen molar-refractivity contribution in [2.75, 3.05) is 0 Å². The summed E-state index contributed by atoms with van der Waals surface area (Å²) in [6.07, 6.45) is 4.14. The van der Waals surface area contributed by atoms with Crippen LogP contribution in [0.3, 0.4) is 0 Å². The molecule has 0 N–H and O–H groups in total. The number of hydrogen-bond donors (Lipinski definition) is 0. The zero-order valence-electron chi connectivity index (χ0n) is 9.13. The largest absolute Gasteiger partial charge is 0.458 e. The van der Waals surface area contributed by atoms with Crippen LogP contribution in [0.1, 0.15) is 46.5 Å². The second kappa shape index (κ2) is 2.96. The number of esters is 1. The molecule has 0 bridgehead atoms. The molecule has 1 spiro atoms. The summed E-state index contributed by atoms with van der Waals surface area (Å²) >= 11 is 0. The second-order valence-electron chi connectivity index (χ2n) is 5.30. The SMILES string of the molecule is CC(C)(C)OC(=O)C1OC12CCCC2. The molecule has 1 aliphatic heterocycles. The van der Waals surface area contributed by atoms with Crippen LogP contribution in [-0.2, 0) is 14.3 Å². The van der Waals surface area contributed by atoms with Gasteiger partial charge in [-0.1, -0.05) is 12.8 Å². The van der Waals surface area contributed by atoms with Gasteiger partial charge in [-0.15, -0.1) is 0 Å². The highest BCUT2D eigenvalue weighted by atomic mass is 16.7. The Labute approximate surface area is 84.8 Å². The fourth-order valence-corrected chi connectivity index (χ4v) is 2.17. The first kappa shape index (κ1) is 9.97. The van der Waals surface area contributed by atoms with Crippen LogP contribution >= 0.6 is 0 Å². The average molecular weight is 198 g/mol. The van der Waals surface area contributed by atoms with Gasteiger partial charge in [0.15, 0.2) is 6.10 Å². The van der Waals surface area contributed by atoms with E-state index in [0.717, 1.165) is 12.8 Å². The monoisotopic (exact) mass is 198 g/mol. The standard InChI is InChI=1S/C11H18O3/c1-10(2,3)14-9(12)8-11(13-8)6-4-5-7-11/h8H,4-7H2,1-3H3. The highest BCUT2D eigenvalue weighted by Crippen LogP contribution is 2.50. The van der Waals surface area contributed by atoms with E-state index in [-0.39, 0.29) is 17.7 Å². The fraction of sp³-hybridized carbons (Fsp3) is 0.909. The van der Waals surface area contributed by atoms with Crippen LogP contribution < -0.4 is 0 Å². The van der Waals surface area contributed by atoms with Gasteiger partial charge < -0.3 is 9.47 Å². The molecule has 1 heterocycles. The van der Waals surface area contributed by atoms with Crippen molar-refractivity contribution in [3.63, 3.8) is 0 Å². The number of hydrogen-bond acceptors (Lipinski definition) is 3. The van der Waals surface area contributed by atoms with Gasteiger partial charge in [-0.3, -0.25) is 0 Å². The summed E-state index contributed by atoms with van der Waals surface area (Å²) in [5.41, 5.74) is -0.523. The van der Waals surface area contributed by atoms with Crippen molar-refractivity contribution in [3.8, 4) is 0 Å². The lowest BCUT2D eigenvalue weighted by atomic mass is 10.0. The maximum Gasteiger partial charge on any atom is 0.338 e. The van der Waals surface area contributed by atoms with E-state index < -0.39 is 5.60 Å². The van der Waals surface area contributed by atoms with Crippen molar-refractivity contribution in [2.45, 2.75) is 63.8 Å². The molecule has 2 fully saturated rings. The lowest BCUT2D eigenvalue weighted by Gasteiger charge is -2.19. The Morgan fingerprint density at radius 3 is 2.43 bits per heavy atom. The molecular formula is C11H18O3. The van der Waals surface area contributed by atoms with Crippen molar-refractivity contribution in [1.29, 1.82) is 0 Å². The van der Waals surface area contributed by atoms with Gasteiger partial charge in [0.1, 0.15) is 11.2 Å². The van der Waals surface area contributed by atoms with E-state index >= 15 is 0 Å². The topological polar surface area (TPSA) is 38.8 Å². The first-order valence-electron chi connectivity index (χ1n) is 5.34. The van der Waals surface area contributed by atoms with Crippen LogP contribution in [0.25, 0.3) is 0 Å². The third-order valence-corrected chi connectivity index (χ3v) is 2.84.